The fourth-order valence-electron chi connectivity index (χ4n) is 2.04. The van der Waals surface area contributed by atoms with Crippen molar-refractivity contribution >= 4 is 56.2 Å². The van der Waals surface area contributed by atoms with Gasteiger partial charge in [0.15, 0.2) is 0 Å². The molecular weight excluding hydrogens is 353 g/mol. The summed E-state index contributed by atoms with van der Waals surface area (Å²) in [7, 11) is 0. The molecule has 0 atom stereocenters. The Labute approximate surface area is 146 Å². The monoisotopic (exact) mass is 363 g/mol. The first kappa shape index (κ1) is 15.9. The first-order valence-corrected chi connectivity index (χ1v) is 8.27. The molecule has 0 saturated heterocycles. The number of pyridine rings is 1. The van der Waals surface area contributed by atoms with Crippen LogP contribution in [0.3, 0.4) is 0 Å². The molecule has 0 aliphatic heterocycles. The molecule has 4 nitrogen and oxygen atoms in total. The van der Waals surface area contributed by atoms with Gasteiger partial charge < -0.3 is 0 Å². The first-order chi connectivity index (χ1) is 11.1. The van der Waals surface area contributed by atoms with Gasteiger partial charge in [0.1, 0.15) is 4.88 Å². The number of nitrogens with one attached hydrogen (secondary N) is 1. The lowest BCUT2D eigenvalue weighted by Crippen LogP contribution is -2.18. The third-order valence-electron chi connectivity index (χ3n) is 3.17. The van der Waals surface area contributed by atoms with Crippen molar-refractivity contribution in [2.45, 2.75) is 6.92 Å². The second kappa shape index (κ2) is 6.66. The SMILES string of the molecule is C/C(=N/NC(=O)c1sc2cccc(Cl)c2c1Cl)c1ccccn1. The molecule has 1 aromatic carbocycles. The van der Waals surface area contributed by atoms with Crippen molar-refractivity contribution in [3.05, 3.63) is 63.2 Å². The van der Waals surface area contributed by atoms with Crippen LogP contribution >= 0.6 is 34.5 Å². The van der Waals surface area contributed by atoms with Crippen LogP contribution in [0.25, 0.3) is 10.1 Å². The van der Waals surface area contributed by atoms with Crippen LogP contribution in [-0.4, -0.2) is 16.6 Å². The highest BCUT2D eigenvalue weighted by Gasteiger charge is 2.18. The number of nitrogens with zero attached hydrogens (tertiary/aromatic N) is 2. The number of fused-ring (bicyclic) bond motifs is 1. The Kier molecular flexibility index (Phi) is 4.61. The van der Waals surface area contributed by atoms with Gasteiger partial charge in [0, 0.05) is 16.3 Å². The Balaban J connectivity index is 1.87. The van der Waals surface area contributed by atoms with Crippen LogP contribution in [0.5, 0.6) is 0 Å². The molecule has 0 aliphatic rings. The Bertz CT molecular complexity index is 906. The van der Waals surface area contributed by atoms with Gasteiger partial charge in [-0.25, -0.2) is 5.43 Å². The van der Waals surface area contributed by atoms with Crippen LogP contribution in [0.1, 0.15) is 22.3 Å². The highest BCUT2D eigenvalue weighted by Crippen LogP contribution is 2.39. The standard InChI is InChI=1S/C16H11Cl2N3OS/c1-9(11-6-2-3-8-19-11)20-21-16(22)15-14(18)13-10(17)5-4-7-12(13)23-15/h2-8H,1H3,(H,21,22)/b20-9-. The van der Waals surface area contributed by atoms with Gasteiger partial charge in [0.2, 0.25) is 0 Å². The fourth-order valence-corrected chi connectivity index (χ4v) is 3.88. The quantitative estimate of drug-likeness (QED) is 0.538. The zero-order chi connectivity index (χ0) is 16.4. The Morgan fingerprint density at radius 1 is 1.22 bits per heavy atom. The van der Waals surface area contributed by atoms with Crippen molar-refractivity contribution < 1.29 is 4.79 Å². The second-order valence-corrected chi connectivity index (χ2v) is 6.55. The number of carbonyl (C=O) groups is 1. The van der Waals surface area contributed by atoms with E-state index in [0.717, 1.165) is 4.70 Å². The van der Waals surface area contributed by atoms with E-state index in [0.29, 0.717) is 31.7 Å². The predicted octanol–water partition coefficient (Wildman–Crippen LogP) is 4.76. The van der Waals surface area contributed by atoms with Crippen molar-refractivity contribution in [1.82, 2.24) is 10.4 Å². The number of rotatable bonds is 3. The molecule has 0 bridgehead atoms. The van der Waals surface area contributed by atoms with E-state index in [-0.39, 0.29) is 5.91 Å². The summed E-state index contributed by atoms with van der Waals surface area (Å²) in [5, 5.41) is 5.64. The van der Waals surface area contributed by atoms with Crippen LogP contribution in [-0.2, 0) is 0 Å². The van der Waals surface area contributed by atoms with Gasteiger partial charge in [0.05, 0.1) is 21.5 Å². The highest BCUT2D eigenvalue weighted by molar-refractivity contribution is 7.21. The molecule has 23 heavy (non-hydrogen) atoms. The summed E-state index contributed by atoms with van der Waals surface area (Å²) in [6, 6.07) is 10.9. The molecule has 116 valence electrons. The average Bonchev–Trinajstić information content (AvgIpc) is 2.91. The van der Waals surface area contributed by atoms with Gasteiger partial charge in [-0.2, -0.15) is 5.10 Å². The minimum Gasteiger partial charge on any atom is -0.266 e. The number of thiophene rings is 1. The van der Waals surface area contributed by atoms with Crippen LogP contribution in [0.2, 0.25) is 10.0 Å². The van der Waals surface area contributed by atoms with E-state index >= 15 is 0 Å². The summed E-state index contributed by atoms with van der Waals surface area (Å²) in [6.45, 7) is 1.77. The molecular formula is C16H11Cl2N3OS. The number of hydrazone groups is 1. The first-order valence-electron chi connectivity index (χ1n) is 6.70. The lowest BCUT2D eigenvalue weighted by Gasteiger charge is -2.01. The summed E-state index contributed by atoms with van der Waals surface area (Å²) < 4.78 is 0.859. The minimum absolute atomic E-state index is 0.346. The summed E-state index contributed by atoms with van der Waals surface area (Å²) >= 11 is 13.7. The third-order valence-corrected chi connectivity index (χ3v) is 5.13. The van der Waals surface area contributed by atoms with E-state index in [1.54, 1.807) is 19.2 Å². The average molecular weight is 364 g/mol. The third kappa shape index (κ3) is 3.22. The van der Waals surface area contributed by atoms with E-state index < -0.39 is 0 Å². The molecule has 0 spiro atoms. The Hall–Kier alpha value is -1.95. The smallest absolute Gasteiger partial charge is 0.266 e. The molecule has 1 amide bonds. The van der Waals surface area contributed by atoms with E-state index in [4.69, 9.17) is 23.2 Å². The summed E-state index contributed by atoms with van der Waals surface area (Å²) in [4.78, 5) is 16.9. The molecule has 3 aromatic rings. The maximum atomic E-state index is 12.3. The van der Waals surface area contributed by atoms with Gasteiger partial charge in [-0.1, -0.05) is 35.3 Å². The van der Waals surface area contributed by atoms with Crippen molar-refractivity contribution in [3.8, 4) is 0 Å². The van der Waals surface area contributed by atoms with Crippen molar-refractivity contribution in [1.29, 1.82) is 0 Å². The molecule has 2 aromatic heterocycles. The molecule has 2 heterocycles. The number of aromatic nitrogens is 1. The zero-order valence-corrected chi connectivity index (χ0v) is 14.3. The summed E-state index contributed by atoms with van der Waals surface area (Å²) in [5.41, 5.74) is 3.81. The Morgan fingerprint density at radius 2 is 2.04 bits per heavy atom. The lowest BCUT2D eigenvalue weighted by molar-refractivity contribution is 0.0959. The molecule has 7 heteroatoms. The number of halogens is 2. The van der Waals surface area contributed by atoms with Gasteiger partial charge in [-0.3, -0.25) is 9.78 Å². The molecule has 0 aliphatic carbocycles. The molecule has 0 unspecified atom stereocenters. The number of carbonyl (C=O) groups excluding carboxylic acids is 1. The molecule has 3 rings (SSSR count). The molecule has 0 radical (unpaired) electrons. The van der Waals surface area contributed by atoms with Crippen LogP contribution in [0, 0.1) is 0 Å². The van der Waals surface area contributed by atoms with E-state index in [2.05, 4.69) is 15.5 Å². The molecule has 0 fully saturated rings. The predicted molar refractivity (Wildman–Crippen MR) is 95.8 cm³/mol. The number of amides is 1. The highest BCUT2D eigenvalue weighted by atomic mass is 35.5. The normalized spacial score (nSPS) is 11.7. The molecule has 1 N–H and O–H groups in total. The number of benzene rings is 1. The fraction of sp³-hybridized carbons (Fsp3) is 0.0625. The van der Waals surface area contributed by atoms with E-state index in [9.17, 15) is 4.79 Å². The lowest BCUT2D eigenvalue weighted by atomic mass is 10.2. The van der Waals surface area contributed by atoms with Gasteiger partial charge in [-0.05, 0) is 31.2 Å². The topological polar surface area (TPSA) is 54.4 Å². The van der Waals surface area contributed by atoms with Gasteiger partial charge >= 0.3 is 0 Å². The van der Waals surface area contributed by atoms with Crippen LogP contribution < -0.4 is 5.43 Å². The number of hydrogen-bond acceptors (Lipinski definition) is 4. The van der Waals surface area contributed by atoms with E-state index in [1.165, 1.54) is 11.3 Å². The summed E-state index contributed by atoms with van der Waals surface area (Å²) in [6.07, 6.45) is 1.67. The van der Waals surface area contributed by atoms with E-state index in [1.807, 2.05) is 30.3 Å². The minimum atomic E-state index is -0.373. The van der Waals surface area contributed by atoms with Gasteiger partial charge in [0.25, 0.3) is 5.91 Å². The van der Waals surface area contributed by atoms with Crippen molar-refractivity contribution in [2.75, 3.05) is 0 Å². The van der Waals surface area contributed by atoms with Crippen molar-refractivity contribution in [3.63, 3.8) is 0 Å². The Morgan fingerprint density at radius 3 is 2.74 bits per heavy atom. The maximum Gasteiger partial charge on any atom is 0.283 e. The van der Waals surface area contributed by atoms with Crippen LogP contribution in [0.4, 0.5) is 0 Å². The van der Waals surface area contributed by atoms with Crippen molar-refractivity contribution in [2.24, 2.45) is 5.10 Å². The van der Waals surface area contributed by atoms with Crippen LogP contribution in [0.15, 0.2) is 47.7 Å². The van der Waals surface area contributed by atoms with Gasteiger partial charge in [-0.15, -0.1) is 11.3 Å². The molecule has 0 saturated carbocycles. The summed E-state index contributed by atoms with van der Waals surface area (Å²) in [5.74, 6) is -0.373. The largest absolute Gasteiger partial charge is 0.283 e. The number of hydrogen-bond donors (Lipinski definition) is 1. The maximum absolute atomic E-state index is 12.3. The zero-order valence-electron chi connectivity index (χ0n) is 12.0. The second-order valence-electron chi connectivity index (χ2n) is 4.71.